The molecule has 0 fully saturated rings. The molecule has 17 heavy (non-hydrogen) atoms. The zero-order chi connectivity index (χ0) is 12.7. The monoisotopic (exact) mass is 274 g/mol. The Kier molecular flexibility index (Phi) is 6.16. The molecule has 0 aliphatic heterocycles. The number of unbranched alkanes of at least 4 members (excludes halogenated alkanes) is 2. The molecule has 1 aromatic rings. The van der Waals surface area contributed by atoms with Crippen LogP contribution in [0.4, 0.5) is 10.5 Å². The van der Waals surface area contributed by atoms with Gasteiger partial charge in [-0.1, -0.05) is 49.0 Å². The fourth-order valence-electron chi connectivity index (χ4n) is 1.34. The maximum atomic E-state index is 11.5. The fraction of sp³-hybridized carbons (Fsp3) is 0.417. The highest BCUT2D eigenvalue weighted by atomic mass is 35.5. The average Bonchev–Trinajstić information content (AvgIpc) is 2.31. The summed E-state index contributed by atoms with van der Waals surface area (Å²) < 4.78 is 0. The predicted octanol–water partition coefficient (Wildman–Crippen LogP) is 4.31. The number of carbonyl (C=O) groups excluding carboxylic acids is 1. The van der Waals surface area contributed by atoms with E-state index in [0.29, 0.717) is 22.3 Å². The van der Waals surface area contributed by atoms with Crippen molar-refractivity contribution in [3.8, 4) is 0 Å². The van der Waals surface area contributed by atoms with Gasteiger partial charge in [0.2, 0.25) is 0 Å². The summed E-state index contributed by atoms with van der Waals surface area (Å²) in [5.74, 6) is 0. The third kappa shape index (κ3) is 4.84. The minimum absolute atomic E-state index is 0.259. The molecule has 0 aliphatic rings. The van der Waals surface area contributed by atoms with E-state index in [2.05, 4.69) is 17.6 Å². The lowest BCUT2D eigenvalue weighted by Gasteiger charge is -2.09. The number of rotatable bonds is 5. The SMILES string of the molecule is CCCCCNC(=O)Nc1cccc(Cl)c1Cl. The Morgan fingerprint density at radius 1 is 1.29 bits per heavy atom. The highest BCUT2D eigenvalue weighted by Gasteiger charge is 2.07. The van der Waals surface area contributed by atoms with Crippen molar-refractivity contribution in [1.29, 1.82) is 0 Å². The van der Waals surface area contributed by atoms with E-state index in [4.69, 9.17) is 23.2 Å². The average molecular weight is 275 g/mol. The van der Waals surface area contributed by atoms with E-state index in [1.807, 2.05) is 0 Å². The number of amides is 2. The maximum Gasteiger partial charge on any atom is 0.319 e. The van der Waals surface area contributed by atoms with Crippen LogP contribution in [0.2, 0.25) is 10.0 Å². The van der Waals surface area contributed by atoms with E-state index in [1.165, 1.54) is 0 Å². The molecule has 1 rings (SSSR count). The van der Waals surface area contributed by atoms with Crippen molar-refractivity contribution >= 4 is 34.9 Å². The number of nitrogens with one attached hydrogen (secondary N) is 2. The Balaban J connectivity index is 2.43. The smallest absolute Gasteiger partial charge is 0.319 e. The lowest BCUT2D eigenvalue weighted by Crippen LogP contribution is -2.29. The zero-order valence-electron chi connectivity index (χ0n) is 9.72. The van der Waals surface area contributed by atoms with Crippen LogP contribution in [-0.2, 0) is 0 Å². The van der Waals surface area contributed by atoms with Gasteiger partial charge in [-0.15, -0.1) is 0 Å². The number of hydrogen-bond acceptors (Lipinski definition) is 1. The van der Waals surface area contributed by atoms with Gasteiger partial charge in [0.25, 0.3) is 0 Å². The molecule has 0 aromatic heterocycles. The Hall–Kier alpha value is -0.930. The Bertz CT molecular complexity index is 383. The van der Waals surface area contributed by atoms with Crippen molar-refractivity contribution < 1.29 is 4.79 Å². The van der Waals surface area contributed by atoms with Crippen molar-refractivity contribution in [2.24, 2.45) is 0 Å². The summed E-state index contributed by atoms with van der Waals surface area (Å²) in [7, 11) is 0. The van der Waals surface area contributed by atoms with Gasteiger partial charge in [0, 0.05) is 6.54 Å². The van der Waals surface area contributed by atoms with E-state index < -0.39 is 0 Å². The minimum atomic E-state index is -0.259. The first kappa shape index (κ1) is 14.1. The van der Waals surface area contributed by atoms with Crippen LogP contribution >= 0.6 is 23.2 Å². The molecule has 0 unspecified atom stereocenters. The van der Waals surface area contributed by atoms with Gasteiger partial charge in [0.15, 0.2) is 0 Å². The summed E-state index contributed by atoms with van der Waals surface area (Å²) in [6, 6.07) is 4.86. The van der Waals surface area contributed by atoms with Crippen LogP contribution in [0.3, 0.4) is 0 Å². The van der Waals surface area contributed by atoms with Gasteiger partial charge in [-0.3, -0.25) is 0 Å². The van der Waals surface area contributed by atoms with Gasteiger partial charge in [-0.05, 0) is 18.6 Å². The standard InChI is InChI=1S/C12H16Cl2N2O/c1-2-3-4-8-15-12(17)16-10-7-5-6-9(13)11(10)14/h5-7H,2-4,8H2,1H3,(H2,15,16,17). The molecule has 5 heteroatoms. The van der Waals surface area contributed by atoms with Gasteiger partial charge in [-0.2, -0.15) is 0 Å². The van der Waals surface area contributed by atoms with Crippen LogP contribution in [-0.4, -0.2) is 12.6 Å². The van der Waals surface area contributed by atoms with E-state index in [1.54, 1.807) is 18.2 Å². The van der Waals surface area contributed by atoms with Gasteiger partial charge in [-0.25, -0.2) is 4.79 Å². The molecule has 2 N–H and O–H groups in total. The molecule has 0 spiro atoms. The van der Waals surface area contributed by atoms with Crippen LogP contribution < -0.4 is 10.6 Å². The lowest BCUT2D eigenvalue weighted by molar-refractivity contribution is 0.252. The molecule has 1 aromatic carbocycles. The summed E-state index contributed by atoms with van der Waals surface area (Å²) in [5.41, 5.74) is 0.521. The summed E-state index contributed by atoms with van der Waals surface area (Å²) in [6.45, 7) is 2.78. The molecular formula is C12H16Cl2N2O. The van der Waals surface area contributed by atoms with Gasteiger partial charge < -0.3 is 10.6 Å². The quantitative estimate of drug-likeness (QED) is 0.772. The first-order chi connectivity index (χ1) is 8.15. The fourth-order valence-corrected chi connectivity index (χ4v) is 1.69. The van der Waals surface area contributed by atoms with Crippen molar-refractivity contribution in [3.05, 3.63) is 28.2 Å². The zero-order valence-corrected chi connectivity index (χ0v) is 11.2. The highest BCUT2D eigenvalue weighted by molar-refractivity contribution is 6.43. The first-order valence-corrected chi connectivity index (χ1v) is 6.39. The number of urea groups is 1. The summed E-state index contributed by atoms with van der Waals surface area (Å²) in [4.78, 5) is 11.5. The molecule has 0 saturated heterocycles. The number of halogens is 2. The first-order valence-electron chi connectivity index (χ1n) is 5.64. The number of benzene rings is 1. The molecular weight excluding hydrogens is 259 g/mol. The van der Waals surface area contributed by atoms with Crippen LogP contribution in [0.1, 0.15) is 26.2 Å². The van der Waals surface area contributed by atoms with E-state index in [9.17, 15) is 4.79 Å². The molecule has 0 radical (unpaired) electrons. The van der Waals surface area contributed by atoms with E-state index in [-0.39, 0.29) is 6.03 Å². The number of hydrogen-bond donors (Lipinski definition) is 2. The molecule has 0 atom stereocenters. The van der Waals surface area contributed by atoms with Crippen molar-refractivity contribution in [3.63, 3.8) is 0 Å². The second kappa shape index (κ2) is 7.41. The molecule has 0 bridgehead atoms. The number of anilines is 1. The summed E-state index contributed by atoms with van der Waals surface area (Å²) >= 11 is 11.8. The van der Waals surface area contributed by atoms with Gasteiger partial charge in [0.05, 0.1) is 15.7 Å². The largest absolute Gasteiger partial charge is 0.338 e. The van der Waals surface area contributed by atoms with E-state index >= 15 is 0 Å². The minimum Gasteiger partial charge on any atom is -0.338 e. The normalized spacial score (nSPS) is 10.1. The molecule has 3 nitrogen and oxygen atoms in total. The second-order valence-corrected chi connectivity index (χ2v) is 4.47. The summed E-state index contributed by atoms with van der Waals surface area (Å²) in [5, 5.41) is 6.21. The Labute approximate surface area is 111 Å². The van der Waals surface area contributed by atoms with Crippen LogP contribution in [0.25, 0.3) is 0 Å². The Morgan fingerprint density at radius 2 is 2.06 bits per heavy atom. The van der Waals surface area contributed by atoms with Gasteiger partial charge in [0.1, 0.15) is 0 Å². The van der Waals surface area contributed by atoms with Crippen LogP contribution in [0.5, 0.6) is 0 Å². The molecule has 0 heterocycles. The summed E-state index contributed by atoms with van der Waals surface area (Å²) in [6.07, 6.45) is 3.22. The van der Waals surface area contributed by atoms with Crippen LogP contribution in [0, 0.1) is 0 Å². The molecule has 94 valence electrons. The van der Waals surface area contributed by atoms with Crippen LogP contribution in [0.15, 0.2) is 18.2 Å². The Morgan fingerprint density at radius 3 is 2.76 bits per heavy atom. The van der Waals surface area contributed by atoms with Crippen molar-refractivity contribution in [2.45, 2.75) is 26.2 Å². The number of carbonyl (C=O) groups is 1. The third-order valence-corrected chi connectivity index (χ3v) is 3.08. The third-order valence-electron chi connectivity index (χ3n) is 2.27. The van der Waals surface area contributed by atoms with E-state index in [0.717, 1.165) is 19.3 Å². The predicted molar refractivity (Wildman–Crippen MR) is 73.0 cm³/mol. The molecule has 0 aliphatic carbocycles. The topological polar surface area (TPSA) is 41.1 Å². The highest BCUT2D eigenvalue weighted by Crippen LogP contribution is 2.29. The van der Waals surface area contributed by atoms with Crippen molar-refractivity contribution in [1.82, 2.24) is 5.32 Å². The molecule has 0 saturated carbocycles. The lowest BCUT2D eigenvalue weighted by atomic mass is 10.2. The van der Waals surface area contributed by atoms with Gasteiger partial charge >= 0.3 is 6.03 Å². The van der Waals surface area contributed by atoms with Crippen molar-refractivity contribution in [2.75, 3.05) is 11.9 Å². The molecule has 2 amide bonds. The maximum absolute atomic E-state index is 11.5. The second-order valence-electron chi connectivity index (χ2n) is 3.69.